The largest absolute Gasteiger partial charge is 0.478 e. The van der Waals surface area contributed by atoms with E-state index >= 15 is 0 Å². The van der Waals surface area contributed by atoms with Gasteiger partial charge in [0.05, 0.1) is 5.56 Å². The monoisotopic (exact) mass is 280 g/mol. The van der Waals surface area contributed by atoms with Crippen LogP contribution in [0.4, 0.5) is 4.39 Å². The molecule has 1 aliphatic heterocycles. The van der Waals surface area contributed by atoms with Gasteiger partial charge in [-0.1, -0.05) is 0 Å². The average Bonchev–Trinajstić information content (AvgIpc) is 2.50. The fourth-order valence-electron chi connectivity index (χ4n) is 2.76. The first-order valence-corrected chi connectivity index (χ1v) is 6.91. The summed E-state index contributed by atoms with van der Waals surface area (Å²) in [5.41, 5.74) is 0.735. The minimum absolute atomic E-state index is 0.0135. The van der Waals surface area contributed by atoms with Crippen LogP contribution < -0.4 is 0 Å². The van der Waals surface area contributed by atoms with Gasteiger partial charge in [-0.2, -0.15) is 0 Å². The summed E-state index contributed by atoms with van der Waals surface area (Å²) in [6.45, 7) is 5.72. The lowest BCUT2D eigenvalue weighted by molar-refractivity contribution is 0.0696. The van der Waals surface area contributed by atoms with E-state index in [0.29, 0.717) is 12.6 Å². The molecule has 1 atom stereocenters. The minimum Gasteiger partial charge on any atom is -0.478 e. The van der Waals surface area contributed by atoms with Crippen LogP contribution in [0.5, 0.6) is 0 Å². The highest BCUT2D eigenvalue weighted by Gasteiger charge is 2.20. The van der Waals surface area contributed by atoms with Crippen LogP contribution in [-0.4, -0.2) is 53.6 Å². The number of nitrogens with zero attached hydrogens (tertiary/aromatic N) is 2. The molecule has 2 rings (SSSR count). The molecule has 5 heteroatoms. The minimum atomic E-state index is -1.09. The van der Waals surface area contributed by atoms with Crippen LogP contribution in [0.25, 0.3) is 0 Å². The predicted octanol–water partition coefficient (Wildman–Crippen LogP) is 2.05. The molecule has 0 bridgehead atoms. The highest BCUT2D eigenvalue weighted by atomic mass is 19.1. The van der Waals surface area contributed by atoms with Crippen LogP contribution in [0.15, 0.2) is 18.2 Å². The Morgan fingerprint density at radius 1 is 1.40 bits per heavy atom. The van der Waals surface area contributed by atoms with Gasteiger partial charge in [-0.3, -0.25) is 4.90 Å². The number of halogens is 1. The van der Waals surface area contributed by atoms with Crippen molar-refractivity contribution < 1.29 is 14.3 Å². The van der Waals surface area contributed by atoms with Crippen LogP contribution in [0.3, 0.4) is 0 Å². The summed E-state index contributed by atoms with van der Waals surface area (Å²) in [5.74, 6) is -1.58. The third-order valence-corrected chi connectivity index (χ3v) is 3.77. The molecule has 0 spiro atoms. The van der Waals surface area contributed by atoms with Crippen molar-refractivity contribution in [1.29, 1.82) is 0 Å². The first kappa shape index (κ1) is 14.9. The van der Waals surface area contributed by atoms with Crippen molar-refractivity contribution >= 4 is 5.97 Å². The molecule has 0 saturated carbocycles. The Kier molecular flexibility index (Phi) is 4.73. The summed E-state index contributed by atoms with van der Waals surface area (Å²) in [6, 6.07) is 4.42. The van der Waals surface area contributed by atoms with Crippen molar-refractivity contribution in [2.75, 3.05) is 26.7 Å². The summed E-state index contributed by atoms with van der Waals surface area (Å²) in [6.07, 6.45) is 1.07. The van der Waals surface area contributed by atoms with Gasteiger partial charge >= 0.3 is 5.97 Å². The number of rotatable bonds is 3. The van der Waals surface area contributed by atoms with E-state index in [-0.39, 0.29) is 5.56 Å². The van der Waals surface area contributed by atoms with Gasteiger partial charge in [0.25, 0.3) is 0 Å². The second-order valence-electron chi connectivity index (χ2n) is 5.59. The summed E-state index contributed by atoms with van der Waals surface area (Å²) >= 11 is 0. The van der Waals surface area contributed by atoms with E-state index in [1.807, 2.05) is 0 Å². The van der Waals surface area contributed by atoms with Crippen LogP contribution >= 0.6 is 0 Å². The maximum Gasteiger partial charge on any atom is 0.335 e. The quantitative estimate of drug-likeness (QED) is 0.920. The second-order valence-corrected chi connectivity index (χ2v) is 5.59. The van der Waals surface area contributed by atoms with Gasteiger partial charge in [-0.25, -0.2) is 9.18 Å². The van der Waals surface area contributed by atoms with Crippen molar-refractivity contribution in [3.63, 3.8) is 0 Å². The zero-order valence-corrected chi connectivity index (χ0v) is 12.0. The van der Waals surface area contributed by atoms with E-state index in [4.69, 9.17) is 5.11 Å². The maximum absolute atomic E-state index is 13.5. The van der Waals surface area contributed by atoms with Crippen molar-refractivity contribution in [1.82, 2.24) is 9.80 Å². The molecule has 1 saturated heterocycles. The lowest BCUT2D eigenvalue weighted by Crippen LogP contribution is -2.37. The Morgan fingerprint density at radius 2 is 2.15 bits per heavy atom. The number of hydrogen-bond acceptors (Lipinski definition) is 3. The first-order valence-electron chi connectivity index (χ1n) is 6.91. The number of likely N-dealkylation sites (N-methyl/N-ethyl adjacent to an activating group) is 1. The summed E-state index contributed by atoms with van der Waals surface area (Å²) < 4.78 is 13.5. The van der Waals surface area contributed by atoms with Gasteiger partial charge in [0, 0.05) is 25.7 Å². The van der Waals surface area contributed by atoms with Crippen molar-refractivity contribution in [2.24, 2.45) is 0 Å². The van der Waals surface area contributed by atoms with Gasteiger partial charge in [0.2, 0.25) is 0 Å². The van der Waals surface area contributed by atoms with Gasteiger partial charge in [0.1, 0.15) is 5.82 Å². The Balaban J connectivity index is 2.14. The Labute approximate surface area is 118 Å². The molecule has 0 aliphatic carbocycles. The van der Waals surface area contributed by atoms with E-state index in [9.17, 15) is 9.18 Å². The molecule has 1 N–H and O–H groups in total. The van der Waals surface area contributed by atoms with Crippen LogP contribution in [0.1, 0.15) is 29.3 Å². The smallest absolute Gasteiger partial charge is 0.335 e. The fourth-order valence-corrected chi connectivity index (χ4v) is 2.76. The number of carboxylic acids is 1. The van der Waals surface area contributed by atoms with Crippen LogP contribution in [0.2, 0.25) is 0 Å². The zero-order chi connectivity index (χ0) is 14.7. The van der Waals surface area contributed by atoms with Crippen molar-refractivity contribution in [3.8, 4) is 0 Å². The molecule has 1 unspecified atom stereocenters. The Bertz CT molecular complexity index is 493. The van der Waals surface area contributed by atoms with E-state index in [1.165, 1.54) is 6.07 Å². The highest BCUT2D eigenvalue weighted by molar-refractivity contribution is 5.87. The molecule has 4 nitrogen and oxygen atoms in total. The molecule has 1 aliphatic rings. The molecule has 110 valence electrons. The number of aromatic carboxylic acids is 1. The molecular formula is C15H21FN2O2. The fraction of sp³-hybridized carbons (Fsp3) is 0.533. The Morgan fingerprint density at radius 3 is 2.85 bits per heavy atom. The van der Waals surface area contributed by atoms with Crippen molar-refractivity contribution in [2.45, 2.75) is 25.9 Å². The van der Waals surface area contributed by atoms with Crippen molar-refractivity contribution in [3.05, 3.63) is 35.1 Å². The molecule has 1 aromatic rings. The molecule has 1 heterocycles. The van der Waals surface area contributed by atoms with E-state index in [2.05, 4.69) is 23.8 Å². The lowest BCUT2D eigenvalue weighted by Gasteiger charge is -2.28. The van der Waals surface area contributed by atoms with Gasteiger partial charge < -0.3 is 10.0 Å². The van der Waals surface area contributed by atoms with E-state index in [0.717, 1.165) is 37.7 Å². The molecule has 20 heavy (non-hydrogen) atoms. The predicted molar refractivity (Wildman–Crippen MR) is 75.3 cm³/mol. The van der Waals surface area contributed by atoms with E-state index in [1.54, 1.807) is 6.07 Å². The van der Waals surface area contributed by atoms with Gasteiger partial charge in [0.15, 0.2) is 0 Å². The average molecular weight is 280 g/mol. The number of carbonyl (C=O) groups is 1. The molecule has 0 aromatic heterocycles. The van der Waals surface area contributed by atoms with E-state index < -0.39 is 11.8 Å². The summed E-state index contributed by atoms with van der Waals surface area (Å²) in [7, 11) is 2.10. The van der Waals surface area contributed by atoms with Gasteiger partial charge in [-0.15, -0.1) is 0 Å². The normalized spacial score (nSPS) is 21.6. The third kappa shape index (κ3) is 3.77. The molecular weight excluding hydrogens is 259 g/mol. The number of benzene rings is 1. The lowest BCUT2D eigenvalue weighted by atomic mass is 10.1. The number of hydrogen-bond donors (Lipinski definition) is 1. The van der Waals surface area contributed by atoms with Gasteiger partial charge in [-0.05, 0) is 50.7 Å². The Hall–Kier alpha value is -1.46. The molecule has 0 amide bonds. The first-order chi connectivity index (χ1) is 9.45. The highest BCUT2D eigenvalue weighted by Crippen LogP contribution is 2.16. The topological polar surface area (TPSA) is 43.8 Å². The molecule has 1 aromatic carbocycles. The summed E-state index contributed by atoms with van der Waals surface area (Å²) in [4.78, 5) is 15.5. The standard InChI is InChI=1S/C15H21FN2O2/c1-11-9-17(2)4-3-5-18(11)10-12-6-13(15(19)20)8-14(16)7-12/h6-8,11H,3-5,9-10H2,1-2H3,(H,19,20). The van der Waals surface area contributed by atoms with Crippen LogP contribution in [0, 0.1) is 5.82 Å². The molecule has 1 fully saturated rings. The SMILES string of the molecule is CC1CN(C)CCCN1Cc1cc(F)cc(C(=O)O)c1. The third-order valence-electron chi connectivity index (χ3n) is 3.77. The molecule has 0 radical (unpaired) electrons. The maximum atomic E-state index is 13.5. The van der Waals surface area contributed by atoms with Crippen LogP contribution in [-0.2, 0) is 6.54 Å². The summed E-state index contributed by atoms with van der Waals surface area (Å²) in [5, 5.41) is 8.98. The zero-order valence-electron chi connectivity index (χ0n) is 12.0. The number of carboxylic acid groups (broad SMARTS) is 1. The second kappa shape index (κ2) is 6.33.